The Bertz CT molecular complexity index is 671. The Morgan fingerprint density at radius 1 is 1.35 bits per heavy atom. The molecule has 14 heteroatoms. The van der Waals surface area contributed by atoms with Gasteiger partial charge in [0, 0.05) is 51.6 Å². The van der Waals surface area contributed by atoms with Gasteiger partial charge in [-0.1, -0.05) is 11.8 Å². The lowest BCUT2D eigenvalue weighted by molar-refractivity contribution is -0.206. The lowest BCUT2D eigenvalue weighted by Gasteiger charge is -2.43. The summed E-state index contributed by atoms with van der Waals surface area (Å²) < 4.78 is 41.8. The van der Waals surface area contributed by atoms with Crippen LogP contribution >= 0.6 is 11.8 Å². The fourth-order valence-electron chi connectivity index (χ4n) is 3.23. The summed E-state index contributed by atoms with van der Waals surface area (Å²) in [4.78, 5) is 27.9. The van der Waals surface area contributed by atoms with Crippen molar-refractivity contribution in [3.05, 3.63) is 5.21 Å². The Balaban J connectivity index is 1.80. The summed E-state index contributed by atoms with van der Waals surface area (Å²) in [5, 5.41) is 22.2. The summed E-state index contributed by atoms with van der Waals surface area (Å²) in [5.41, 5.74) is 1.40. The predicted molar refractivity (Wildman–Crippen MR) is 106 cm³/mol. The molecule has 0 bridgehead atoms. The first-order chi connectivity index (χ1) is 14.6. The fourth-order valence-corrected chi connectivity index (χ4v) is 4.44. The van der Waals surface area contributed by atoms with Crippen LogP contribution in [-0.4, -0.2) is 101 Å². The molecule has 2 saturated heterocycles. The van der Waals surface area contributed by atoms with Gasteiger partial charge < -0.3 is 24.9 Å². The molecule has 2 amide bonds. The number of carbonyl (C=O) groups is 2. The number of rotatable bonds is 7. The van der Waals surface area contributed by atoms with E-state index in [2.05, 4.69) is 10.2 Å². The van der Waals surface area contributed by atoms with E-state index in [0.29, 0.717) is 37.6 Å². The van der Waals surface area contributed by atoms with Crippen LogP contribution in [0, 0.1) is 16.5 Å². The zero-order chi connectivity index (χ0) is 23.2. The monoisotopic (exact) mass is 467 g/mol. The van der Waals surface area contributed by atoms with Gasteiger partial charge in [-0.3, -0.25) is 5.43 Å². The van der Waals surface area contributed by atoms with Crippen LogP contribution in [0.2, 0.25) is 0 Å². The third-order valence-electron chi connectivity index (χ3n) is 5.16. The van der Waals surface area contributed by atoms with Gasteiger partial charge in [-0.05, 0) is 19.8 Å². The average Bonchev–Trinajstić information content (AvgIpc) is 3.13. The fraction of sp³-hybridized carbons (Fsp3) is 0.824. The summed E-state index contributed by atoms with van der Waals surface area (Å²) in [6.07, 6.45) is -4.17. The number of nitriles is 1. The maximum atomic E-state index is 12.5. The number of nitrogens with zero attached hydrogens (tertiary/aromatic N) is 5. The number of hydrogen-bond donors (Lipinski definition) is 1. The number of ether oxygens (including phenoxy) is 1. The van der Waals surface area contributed by atoms with Crippen molar-refractivity contribution in [1.29, 1.82) is 5.26 Å². The summed E-state index contributed by atoms with van der Waals surface area (Å²) in [6, 6.07) is 0.789. The maximum Gasteiger partial charge on any atom is 0.491 e. The highest BCUT2D eigenvalue weighted by Gasteiger charge is 2.45. The van der Waals surface area contributed by atoms with Crippen LogP contribution < -0.4 is 5.43 Å². The van der Waals surface area contributed by atoms with E-state index in [9.17, 15) is 33.2 Å². The molecule has 2 aliphatic rings. The highest BCUT2D eigenvalue weighted by atomic mass is 32.2. The third kappa shape index (κ3) is 6.84. The number of likely N-dealkylation sites (tertiary alicyclic amines) is 1. The molecule has 10 nitrogen and oxygen atoms in total. The molecular formula is C17H26F3N6O4S-. The van der Waals surface area contributed by atoms with Crippen LogP contribution in [0.3, 0.4) is 0 Å². The number of hydrogen-bond acceptors (Lipinski definition) is 9. The Hall–Kier alpha value is -1.79. The van der Waals surface area contributed by atoms with Crippen molar-refractivity contribution in [1.82, 2.24) is 25.3 Å². The summed E-state index contributed by atoms with van der Waals surface area (Å²) in [7, 11) is 1.71. The predicted octanol–water partition coefficient (Wildman–Crippen LogP) is 1.16. The second kappa shape index (κ2) is 11.2. The smallest absolute Gasteiger partial charge is 0.491 e. The number of amides is 2. The molecule has 0 aromatic carbocycles. The molecule has 2 atom stereocenters. The number of hydroxylamine groups is 1. The lowest BCUT2D eigenvalue weighted by atomic mass is 10.1. The van der Waals surface area contributed by atoms with Crippen molar-refractivity contribution in [2.24, 2.45) is 0 Å². The van der Waals surface area contributed by atoms with Gasteiger partial charge >= 0.3 is 18.2 Å². The Morgan fingerprint density at radius 2 is 2.00 bits per heavy atom. The Kier molecular flexibility index (Phi) is 9.19. The SMILES string of the molecule is CCN(C)C(=O)N1CCC(N([O-])NCCN2C(C#N)CSC2OC(=O)C(F)(F)F)CC1. The molecule has 1 N–H and O–H groups in total. The van der Waals surface area contributed by atoms with Gasteiger partial charge in [0.2, 0.25) is 5.56 Å². The van der Waals surface area contributed by atoms with Crippen molar-refractivity contribution in [3.63, 3.8) is 0 Å². The highest BCUT2D eigenvalue weighted by molar-refractivity contribution is 8.00. The van der Waals surface area contributed by atoms with E-state index in [1.165, 1.54) is 4.90 Å². The van der Waals surface area contributed by atoms with Gasteiger partial charge in [0.05, 0.1) is 6.07 Å². The van der Waals surface area contributed by atoms with Crippen molar-refractivity contribution >= 4 is 23.8 Å². The number of thioether (sulfide) groups is 1. The zero-order valence-electron chi connectivity index (χ0n) is 17.3. The molecular weight excluding hydrogens is 441 g/mol. The minimum atomic E-state index is -5.12. The van der Waals surface area contributed by atoms with Crippen molar-refractivity contribution < 1.29 is 27.5 Å². The average molecular weight is 467 g/mol. The van der Waals surface area contributed by atoms with Gasteiger partial charge in [0.25, 0.3) is 0 Å². The molecule has 0 saturated carbocycles. The number of urea groups is 1. The molecule has 2 fully saturated rings. The first-order valence-corrected chi connectivity index (χ1v) is 10.9. The molecule has 2 unspecified atom stereocenters. The summed E-state index contributed by atoms with van der Waals surface area (Å²) in [5.74, 6) is -2.13. The van der Waals surface area contributed by atoms with Crippen molar-refractivity contribution in [3.8, 4) is 6.07 Å². The van der Waals surface area contributed by atoms with E-state index in [1.54, 1.807) is 16.8 Å². The summed E-state index contributed by atoms with van der Waals surface area (Å²) in [6.45, 7) is 3.45. The number of alkyl halides is 3. The van der Waals surface area contributed by atoms with Gasteiger partial charge in [0.1, 0.15) is 6.04 Å². The zero-order valence-corrected chi connectivity index (χ0v) is 18.1. The number of carbonyl (C=O) groups excluding carboxylic acids is 2. The third-order valence-corrected chi connectivity index (χ3v) is 6.32. The number of esters is 1. The van der Waals surface area contributed by atoms with Gasteiger partial charge in [-0.15, -0.1) is 0 Å². The van der Waals surface area contributed by atoms with Gasteiger partial charge in [-0.25, -0.2) is 14.5 Å². The van der Waals surface area contributed by atoms with E-state index in [-0.39, 0.29) is 30.9 Å². The largest absolute Gasteiger partial charge is 0.771 e. The Labute approximate surface area is 182 Å². The normalized spacial score (nSPS) is 23.1. The van der Waals surface area contributed by atoms with Gasteiger partial charge in [-0.2, -0.15) is 18.4 Å². The van der Waals surface area contributed by atoms with E-state index in [4.69, 9.17) is 0 Å². The summed E-state index contributed by atoms with van der Waals surface area (Å²) >= 11 is 0.921. The standard InChI is InChI=1S/C17H26F3N6O4S/c1-3-23(2)15(28)24-7-4-12(5-8-24)26(29)22-6-9-25-13(10-21)11-31-16(25)30-14(27)17(18,19)20/h12-13,16,22H,3-9,11H2,1-2H3/q-1. The molecule has 31 heavy (non-hydrogen) atoms. The van der Waals surface area contributed by atoms with Crippen LogP contribution in [0.5, 0.6) is 0 Å². The second-order valence-electron chi connectivity index (χ2n) is 7.18. The van der Waals surface area contributed by atoms with Crippen LogP contribution in [0.4, 0.5) is 18.0 Å². The lowest BCUT2D eigenvalue weighted by Crippen LogP contribution is -2.52. The topological polar surface area (TPSA) is 115 Å². The molecule has 2 rings (SSSR count). The van der Waals surface area contributed by atoms with E-state index >= 15 is 0 Å². The molecule has 0 aromatic heterocycles. The molecule has 2 heterocycles. The molecule has 0 spiro atoms. The molecule has 0 aromatic rings. The number of halogens is 3. The second-order valence-corrected chi connectivity index (χ2v) is 8.24. The van der Waals surface area contributed by atoms with Crippen molar-refractivity contribution in [2.75, 3.05) is 45.5 Å². The quantitative estimate of drug-likeness (QED) is 0.435. The van der Waals surface area contributed by atoms with E-state index in [1.807, 2.05) is 13.0 Å². The van der Waals surface area contributed by atoms with Gasteiger partial charge in [0.15, 0.2) is 0 Å². The minimum absolute atomic E-state index is 0.0401. The van der Waals surface area contributed by atoms with Crippen LogP contribution in [-0.2, 0) is 9.53 Å². The van der Waals surface area contributed by atoms with Crippen LogP contribution in [0.1, 0.15) is 19.8 Å². The molecule has 176 valence electrons. The number of hydrazine groups is 1. The number of piperidine rings is 1. The maximum absolute atomic E-state index is 12.5. The van der Waals surface area contributed by atoms with E-state index < -0.39 is 23.7 Å². The van der Waals surface area contributed by atoms with Crippen LogP contribution in [0.25, 0.3) is 0 Å². The molecule has 2 aliphatic heterocycles. The molecule has 0 radical (unpaired) electrons. The first kappa shape index (κ1) is 25.5. The van der Waals surface area contributed by atoms with E-state index in [0.717, 1.165) is 11.8 Å². The number of nitrogens with one attached hydrogen (secondary N) is 1. The Morgan fingerprint density at radius 3 is 2.55 bits per heavy atom. The first-order valence-electron chi connectivity index (χ1n) is 9.83. The molecule has 0 aliphatic carbocycles. The highest BCUT2D eigenvalue weighted by Crippen LogP contribution is 2.31. The van der Waals surface area contributed by atoms with Crippen LogP contribution in [0.15, 0.2) is 0 Å². The minimum Gasteiger partial charge on any atom is -0.771 e. The van der Waals surface area contributed by atoms with Crippen molar-refractivity contribution in [2.45, 2.75) is 43.6 Å².